The number of carbonyl (C=O) groups is 1. The number of halogens is 1. The minimum absolute atomic E-state index is 0.0351. The van der Waals surface area contributed by atoms with Gasteiger partial charge in [-0.25, -0.2) is 12.8 Å². The van der Waals surface area contributed by atoms with Crippen LogP contribution in [-0.2, 0) is 19.6 Å². The summed E-state index contributed by atoms with van der Waals surface area (Å²) in [6, 6.07) is 2.12. The van der Waals surface area contributed by atoms with Crippen molar-refractivity contribution < 1.29 is 27.4 Å². The van der Waals surface area contributed by atoms with Crippen molar-refractivity contribution in [2.24, 2.45) is 0 Å². The zero-order valence-corrected chi connectivity index (χ0v) is 12.4. The van der Waals surface area contributed by atoms with Gasteiger partial charge in [0.15, 0.2) is 0 Å². The van der Waals surface area contributed by atoms with Crippen LogP contribution in [0, 0.1) is 12.7 Å². The van der Waals surface area contributed by atoms with Crippen LogP contribution in [0.15, 0.2) is 23.1 Å². The largest absolute Gasteiger partial charge is 0.480 e. The second-order valence-corrected chi connectivity index (χ2v) is 6.79. The third-order valence-corrected chi connectivity index (χ3v) is 5.59. The van der Waals surface area contributed by atoms with Crippen molar-refractivity contribution >= 4 is 16.0 Å². The van der Waals surface area contributed by atoms with E-state index in [2.05, 4.69) is 0 Å². The summed E-state index contributed by atoms with van der Waals surface area (Å²) < 4.78 is 44.3. The van der Waals surface area contributed by atoms with E-state index < -0.39 is 34.0 Å². The molecule has 2 unspecified atom stereocenters. The number of ether oxygens (including phenoxy) is 1. The molecule has 2 rings (SSSR count). The molecule has 0 amide bonds. The first-order chi connectivity index (χ1) is 9.77. The predicted octanol–water partition coefficient (Wildman–Crippen LogP) is 0.997. The molecule has 1 aromatic rings. The number of aliphatic carboxylic acids is 1. The topological polar surface area (TPSA) is 83.9 Å². The minimum atomic E-state index is -4.02. The molecule has 0 spiro atoms. The molecule has 1 heterocycles. The fourth-order valence-corrected chi connectivity index (χ4v) is 4.29. The Morgan fingerprint density at radius 3 is 2.67 bits per heavy atom. The fourth-order valence-electron chi connectivity index (χ4n) is 2.46. The molecule has 6 nitrogen and oxygen atoms in total. The molecule has 0 saturated carbocycles. The van der Waals surface area contributed by atoms with Crippen molar-refractivity contribution in [2.45, 2.75) is 30.4 Å². The molecule has 1 aromatic carbocycles. The lowest BCUT2D eigenvalue weighted by Gasteiger charge is -2.21. The van der Waals surface area contributed by atoms with Gasteiger partial charge in [0.2, 0.25) is 10.0 Å². The quantitative estimate of drug-likeness (QED) is 0.895. The third-order valence-electron chi connectivity index (χ3n) is 3.56. The van der Waals surface area contributed by atoms with Gasteiger partial charge in [-0.15, -0.1) is 0 Å². The summed E-state index contributed by atoms with van der Waals surface area (Å²) in [5.74, 6) is -1.77. The molecule has 0 radical (unpaired) electrons. The summed E-state index contributed by atoms with van der Waals surface area (Å²) in [5.41, 5.74) is 0.236. The average Bonchev–Trinajstić information content (AvgIpc) is 2.83. The highest BCUT2D eigenvalue weighted by Gasteiger charge is 2.44. The molecule has 1 aliphatic rings. The molecule has 1 aliphatic heterocycles. The van der Waals surface area contributed by atoms with Crippen LogP contribution in [0.2, 0.25) is 0 Å². The number of nitrogens with zero attached hydrogens (tertiary/aromatic N) is 1. The standard InChI is InChI=1S/C13H16FNO5S/c1-8-5-9(14)3-4-12(8)21(18,19)15-7-10(20-2)6-11(15)13(16)17/h3-5,10-11H,6-7H2,1-2H3,(H,16,17). The number of hydrogen-bond donors (Lipinski definition) is 1. The molecule has 8 heteroatoms. The molecule has 0 bridgehead atoms. The predicted molar refractivity (Wildman–Crippen MR) is 71.9 cm³/mol. The van der Waals surface area contributed by atoms with Crippen LogP contribution in [0.5, 0.6) is 0 Å². The van der Waals surface area contributed by atoms with Gasteiger partial charge in [0, 0.05) is 20.1 Å². The first-order valence-corrected chi connectivity index (χ1v) is 7.75. The Hall–Kier alpha value is -1.51. The van der Waals surface area contributed by atoms with Crippen LogP contribution < -0.4 is 0 Å². The molecule has 0 aliphatic carbocycles. The second kappa shape index (κ2) is 5.70. The number of methoxy groups -OCH3 is 1. The number of sulfonamides is 1. The van der Waals surface area contributed by atoms with E-state index in [1.54, 1.807) is 0 Å². The van der Waals surface area contributed by atoms with Crippen LogP contribution in [0.4, 0.5) is 4.39 Å². The second-order valence-electron chi connectivity index (χ2n) is 4.93. The Balaban J connectivity index is 2.44. The van der Waals surface area contributed by atoms with Crippen LogP contribution >= 0.6 is 0 Å². The molecule has 0 aromatic heterocycles. The monoisotopic (exact) mass is 317 g/mol. The molecule has 1 N–H and O–H groups in total. The highest BCUT2D eigenvalue weighted by Crippen LogP contribution is 2.29. The van der Waals surface area contributed by atoms with Crippen molar-refractivity contribution in [3.63, 3.8) is 0 Å². The first-order valence-electron chi connectivity index (χ1n) is 6.31. The van der Waals surface area contributed by atoms with E-state index in [0.29, 0.717) is 0 Å². The smallest absolute Gasteiger partial charge is 0.322 e. The van der Waals surface area contributed by atoms with Crippen molar-refractivity contribution in [1.82, 2.24) is 4.31 Å². The van der Waals surface area contributed by atoms with Gasteiger partial charge in [-0.05, 0) is 30.7 Å². The van der Waals surface area contributed by atoms with Gasteiger partial charge in [-0.1, -0.05) is 0 Å². The van der Waals surface area contributed by atoms with Gasteiger partial charge in [0.05, 0.1) is 11.0 Å². The maximum absolute atomic E-state index is 13.1. The van der Waals surface area contributed by atoms with Crippen LogP contribution in [0.25, 0.3) is 0 Å². The van der Waals surface area contributed by atoms with Gasteiger partial charge in [-0.2, -0.15) is 4.31 Å². The number of carboxylic acids is 1. The van der Waals surface area contributed by atoms with Gasteiger partial charge >= 0.3 is 5.97 Å². The Morgan fingerprint density at radius 1 is 1.48 bits per heavy atom. The Kier molecular flexibility index (Phi) is 4.31. The lowest BCUT2D eigenvalue weighted by molar-refractivity contribution is -0.140. The summed E-state index contributed by atoms with van der Waals surface area (Å²) in [5, 5.41) is 9.20. The van der Waals surface area contributed by atoms with Gasteiger partial charge in [0.25, 0.3) is 0 Å². The summed E-state index contributed by atoms with van der Waals surface area (Å²) in [7, 11) is -2.61. The van der Waals surface area contributed by atoms with Gasteiger partial charge in [-0.3, -0.25) is 4.79 Å². The normalized spacial score (nSPS) is 23.4. The fraction of sp³-hybridized carbons (Fsp3) is 0.462. The zero-order valence-electron chi connectivity index (χ0n) is 11.6. The number of carboxylic acid groups (broad SMARTS) is 1. The molecule has 1 fully saturated rings. The van der Waals surface area contributed by atoms with Gasteiger partial charge in [0.1, 0.15) is 11.9 Å². The molecule has 21 heavy (non-hydrogen) atoms. The van der Waals surface area contributed by atoms with E-state index >= 15 is 0 Å². The first kappa shape index (κ1) is 15.9. The van der Waals surface area contributed by atoms with Crippen molar-refractivity contribution in [2.75, 3.05) is 13.7 Å². The zero-order chi connectivity index (χ0) is 15.8. The van der Waals surface area contributed by atoms with Crippen LogP contribution in [-0.4, -0.2) is 49.6 Å². The summed E-state index contributed by atoms with van der Waals surface area (Å²) >= 11 is 0. The Morgan fingerprint density at radius 2 is 2.14 bits per heavy atom. The van der Waals surface area contributed by atoms with E-state index in [-0.39, 0.29) is 23.4 Å². The maximum atomic E-state index is 13.1. The molecule has 116 valence electrons. The van der Waals surface area contributed by atoms with Crippen molar-refractivity contribution in [3.05, 3.63) is 29.6 Å². The number of rotatable bonds is 4. The maximum Gasteiger partial charge on any atom is 0.322 e. The van der Waals surface area contributed by atoms with E-state index in [1.807, 2.05) is 0 Å². The van der Waals surface area contributed by atoms with Crippen LogP contribution in [0.1, 0.15) is 12.0 Å². The summed E-state index contributed by atoms with van der Waals surface area (Å²) in [6.45, 7) is 1.43. The minimum Gasteiger partial charge on any atom is -0.480 e. The lowest BCUT2D eigenvalue weighted by atomic mass is 10.2. The van der Waals surface area contributed by atoms with Crippen molar-refractivity contribution in [3.8, 4) is 0 Å². The van der Waals surface area contributed by atoms with E-state index in [0.717, 1.165) is 22.5 Å². The van der Waals surface area contributed by atoms with E-state index in [4.69, 9.17) is 4.74 Å². The van der Waals surface area contributed by atoms with E-state index in [9.17, 15) is 22.7 Å². The lowest BCUT2D eigenvalue weighted by Crippen LogP contribution is -2.40. The summed E-state index contributed by atoms with van der Waals surface area (Å²) in [6.07, 6.45) is -0.382. The highest BCUT2D eigenvalue weighted by molar-refractivity contribution is 7.89. The summed E-state index contributed by atoms with van der Waals surface area (Å²) in [4.78, 5) is 11.2. The number of aryl methyl sites for hydroxylation is 1. The molecular weight excluding hydrogens is 301 g/mol. The SMILES string of the molecule is COC1CC(C(=O)O)N(S(=O)(=O)c2ccc(F)cc2C)C1. The molecular formula is C13H16FNO5S. The Bertz CT molecular complexity index is 661. The highest BCUT2D eigenvalue weighted by atomic mass is 32.2. The van der Waals surface area contributed by atoms with Gasteiger partial charge < -0.3 is 9.84 Å². The van der Waals surface area contributed by atoms with E-state index in [1.165, 1.54) is 14.0 Å². The molecule has 2 atom stereocenters. The Labute approximate surface area is 122 Å². The van der Waals surface area contributed by atoms with Crippen molar-refractivity contribution in [1.29, 1.82) is 0 Å². The average molecular weight is 317 g/mol. The number of benzene rings is 1. The van der Waals surface area contributed by atoms with Crippen LogP contribution in [0.3, 0.4) is 0 Å². The third kappa shape index (κ3) is 2.92. The molecule has 1 saturated heterocycles. The number of hydrogen-bond acceptors (Lipinski definition) is 4.